The van der Waals surface area contributed by atoms with Gasteiger partial charge in [-0.3, -0.25) is 0 Å². The van der Waals surface area contributed by atoms with Gasteiger partial charge in [-0.25, -0.2) is 0 Å². The summed E-state index contributed by atoms with van der Waals surface area (Å²) < 4.78 is 0. The van der Waals surface area contributed by atoms with Gasteiger partial charge in [0.25, 0.3) is 0 Å². The summed E-state index contributed by atoms with van der Waals surface area (Å²) in [5.74, 6) is 0. The lowest BCUT2D eigenvalue weighted by Crippen LogP contribution is -2.49. The predicted octanol–water partition coefficient (Wildman–Crippen LogP) is -0.847. The van der Waals surface area contributed by atoms with Crippen LogP contribution in [0.1, 0.15) is 19.8 Å². The minimum Gasteiger partial charge on any atom is -0.392 e. The number of hydrogen-bond acceptors (Lipinski definition) is 4. The normalized spacial score (nSPS) is 25.8. The first-order valence-electron chi connectivity index (χ1n) is 4.88. The average molecular weight is 188 g/mol. The molecule has 4 heteroatoms. The summed E-state index contributed by atoms with van der Waals surface area (Å²) in [4.78, 5) is 2.16. The van der Waals surface area contributed by atoms with E-state index in [1.54, 1.807) is 6.92 Å². The van der Waals surface area contributed by atoms with Gasteiger partial charge in [0, 0.05) is 26.2 Å². The molecule has 0 aromatic carbocycles. The second kappa shape index (κ2) is 4.37. The van der Waals surface area contributed by atoms with Crippen molar-refractivity contribution in [1.29, 1.82) is 0 Å². The summed E-state index contributed by atoms with van der Waals surface area (Å²) >= 11 is 0. The third-order valence-electron chi connectivity index (χ3n) is 2.69. The Kier molecular flexibility index (Phi) is 3.67. The van der Waals surface area contributed by atoms with Gasteiger partial charge in [0.2, 0.25) is 0 Å². The van der Waals surface area contributed by atoms with Crippen molar-refractivity contribution in [3.05, 3.63) is 0 Å². The Labute approximate surface area is 79.3 Å². The van der Waals surface area contributed by atoms with Crippen molar-refractivity contribution in [3.63, 3.8) is 0 Å². The van der Waals surface area contributed by atoms with Crippen LogP contribution in [0.5, 0.6) is 0 Å². The Bertz CT molecular complexity index is 154. The fourth-order valence-corrected chi connectivity index (χ4v) is 1.73. The summed E-state index contributed by atoms with van der Waals surface area (Å²) in [5.41, 5.74) is 4.81. The van der Waals surface area contributed by atoms with Crippen LogP contribution in [0, 0.1) is 0 Å². The molecular formula is C9H20N2O2. The van der Waals surface area contributed by atoms with E-state index >= 15 is 0 Å². The molecule has 1 rings (SSSR count). The van der Waals surface area contributed by atoms with Crippen LogP contribution in [0.4, 0.5) is 0 Å². The second-order valence-electron chi connectivity index (χ2n) is 4.08. The van der Waals surface area contributed by atoms with Crippen molar-refractivity contribution in [2.24, 2.45) is 5.73 Å². The largest absolute Gasteiger partial charge is 0.392 e. The quantitative estimate of drug-likeness (QED) is 0.540. The van der Waals surface area contributed by atoms with Gasteiger partial charge in [-0.1, -0.05) is 0 Å². The molecule has 0 spiro atoms. The predicted molar refractivity (Wildman–Crippen MR) is 51.4 cm³/mol. The van der Waals surface area contributed by atoms with Gasteiger partial charge in [-0.05, 0) is 19.8 Å². The molecule has 13 heavy (non-hydrogen) atoms. The smallest absolute Gasteiger partial charge is 0.0793 e. The number of aliphatic hydroxyl groups excluding tert-OH is 1. The Morgan fingerprint density at radius 2 is 2.00 bits per heavy atom. The van der Waals surface area contributed by atoms with Gasteiger partial charge in [-0.15, -0.1) is 0 Å². The van der Waals surface area contributed by atoms with Crippen LogP contribution >= 0.6 is 0 Å². The Morgan fingerprint density at radius 3 is 2.38 bits per heavy atom. The summed E-state index contributed by atoms with van der Waals surface area (Å²) in [6.45, 7) is 4.48. The zero-order valence-corrected chi connectivity index (χ0v) is 8.24. The van der Waals surface area contributed by atoms with Crippen LogP contribution in [0.15, 0.2) is 0 Å². The van der Waals surface area contributed by atoms with Crippen molar-refractivity contribution in [2.75, 3.05) is 26.2 Å². The van der Waals surface area contributed by atoms with Gasteiger partial charge in [0.1, 0.15) is 0 Å². The maximum absolute atomic E-state index is 9.82. The lowest BCUT2D eigenvalue weighted by molar-refractivity contribution is -0.0215. The zero-order valence-electron chi connectivity index (χ0n) is 8.24. The standard InChI is InChI=1S/C9H20N2O2/c1-8(12)6-11-4-2-9(13,7-10)3-5-11/h8,12-13H,2-7,10H2,1H3. The van der Waals surface area contributed by atoms with Crippen LogP contribution in [0.25, 0.3) is 0 Å². The van der Waals surface area contributed by atoms with Crippen LogP contribution in [-0.2, 0) is 0 Å². The number of β-amino-alcohol motifs (C(OH)–C–C–N with tert-alkyl or cyclic N) is 1. The Hall–Kier alpha value is -0.160. The maximum atomic E-state index is 9.82. The fraction of sp³-hybridized carbons (Fsp3) is 1.00. The monoisotopic (exact) mass is 188 g/mol. The third-order valence-corrected chi connectivity index (χ3v) is 2.69. The number of likely N-dealkylation sites (tertiary alicyclic amines) is 1. The number of rotatable bonds is 3. The van der Waals surface area contributed by atoms with E-state index in [9.17, 15) is 5.11 Å². The molecule has 1 atom stereocenters. The second-order valence-corrected chi connectivity index (χ2v) is 4.08. The lowest BCUT2D eigenvalue weighted by Gasteiger charge is -2.37. The summed E-state index contributed by atoms with van der Waals surface area (Å²) in [6, 6.07) is 0. The van der Waals surface area contributed by atoms with Crippen molar-refractivity contribution >= 4 is 0 Å². The van der Waals surface area contributed by atoms with Crippen LogP contribution in [0.2, 0.25) is 0 Å². The van der Waals surface area contributed by atoms with Crippen molar-refractivity contribution < 1.29 is 10.2 Å². The highest BCUT2D eigenvalue weighted by Crippen LogP contribution is 2.20. The maximum Gasteiger partial charge on any atom is 0.0793 e. The van der Waals surface area contributed by atoms with E-state index in [-0.39, 0.29) is 6.10 Å². The number of nitrogens with two attached hydrogens (primary N) is 1. The molecule has 0 aromatic heterocycles. The van der Waals surface area contributed by atoms with E-state index in [1.165, 1.54) is 0 Å². The summed E-state index contributed by atoms with van der Waals surface area (Å²) in [7, 11) is 0. The topological polar surface area (TPSA) is 69.7 Å². The molecule has 1 unspecified atom stereocenters. The first-order chi connectivity index (χ1) is 6.06. The molecular weight excluding hydrogens is 168 g/mol. The van der Waals surface area contributed by atoms with E-state index in [1.807, 2.05) is 0 Å². The molecule has 0 aromatic rings. The molecule has 1 fully saturated rings. The number of hydrogen-bond donors (Lipinski definition) is 3. The number of nitrogens with zero attached hydrogens (tertiary/aromatic N) is 1. The number of piperidine rings is 1. The summed E-state index contributed by atoms with van der Waals surface area (Å²) in [6.07, 6.45) is 1.15. The molecule has 1 aliphatic heterocycles. The van der Waals surface area contributed by atoms with Crippen LogP contribution in [0.3, 0.4) is 0 Å². The molecule has 4 nitrogen and oxygen atoms in total. The highest BCUT2D eigenvalue weighted by atomic mass is 16.3. The molecule has 1 aliphatic rings. The minimum absolute atomic E-state index is 0.288. The first kappa shape index (κ1) is 10.9. The highest BCUT2D eigenvalue weighted by Gasteiger charge is 2.30. The first-order valence-corrected chi connectivity index (χ1v) is 4.88. The molecule has 1 saturated heterocycles. The van der Waals surface area contributed by atoms with Gasteiger partial charge < -0.3 is 20.8 Å². The molecule has 0 bridgehead atoms. The molecule has 0 aliphatic carbocycles. The van der Waals surface area contributed by atoms with E-state index in [0.29, 0.717) is 13.1 Å². The van der Waals surface area contributed by atoms with Gasteiger partial charge in [-0.2, -0.15) is 0 Å². The molecule has 0 radical (unpaired) electrons. The van der Waals surface area contributed by atoms with E-state index in [0.717, 1.165) is 25.9 Å². The van der Waals surface area contributed by atoms with Crippen LogP contribution < -0.4 is 5.73 Å². The SMILES string of the molecule is CC(O)CN1CCC(O)(CN)CC1. The van der Waals surface area contributed by atoms with E-state index in [2.05, 4.69) is 4.90 Å². The molecule has 0 amide bonds. The lowest BCUT2D eigenvalue weighted by atomic mass is 9.91. The minimum atomic E-state index is -0.658. The third kappa shape index (κ3) is 3.23. The number of aliphatic hydroxyl groups is 2. The Balaban J connectivity index is 2.30. The highest BCUT2D eigenvalue weighted by molar-refractivity contribution is 4.86. The molecule has 78 valence electrons. The van der Waals surface area contributed by atoms with Gasteiger partial charge in [0.15, 0.2) is 0 Å². The summed E-state index contributed by atoms with van der Waals surface area (Å²) in [5, 5.41) is 19.0. The zero-order chi connectivity index (χ0) is 9.90. The van der Waals surface area contributed by atoms with Crippen molar-refractivity contribution in [1.82, 2.24) is 4.90 Å². The molecule has 4 N–H and O–H groups in total. The molecule has 0 saturated carbocycles. The van der Waals surface area contributed by atoms with Gasteiger partial charge >= 0.3 is 0 Å². The van der Waals surface area contributed by atoms with Crippen molar-refractivity contribution in [2.45, 2.75) is 31.5 Å². The van der Waals surface area contributed by atoms with Gasteiger partial charge in [0.05, 0.1) is 11.7 Å². The fourth-order valence-electron chi connectivity index (χ4n) is 1.73. The van der Waals surface area contributed by atoms with Crippen molar-refractivity contribution in [3.8, 4) is 0 Å². The van der Waals surface area contributed by atoms with Crippen LogP contribution in [-0.4, -0.2) is 53.0 Å². The average Bonchev–Trinajstić information content (AvgIpc) is 2.09. The Morgan fingerprint density at radius 1 is 1.46 bits per heavy atom. The molecule has 1 heterocycles. The van der Waals surface area contributed by atoms with E-state index in [4.69, 9.17) is 10.8 Å². The van der Waals surface area contributed by atoms with E-state index < -0.39 is 5.60 Å².